The summed E-state index contributed by atoms with van der Waals surface area (Å²) < 4.78 is 0. The van der Waals surface area contributed by atoms with E-state index < -0.39 is 18.0 Å². The Hall–Kier alpha value is -1.26. The lowest BCUT2D eigenvalue weighted by molar-refractivity contribution is -0.127. The van der Waals surface area contributed by atoms with Crippen molar-refractivity contribution in [3.05, 3.63) is 31.2 Å². The molecule has 0 saturated heterocycles. The van der Waals surface area contributed by atoms with Crippen molar-refractivity contribution in [1.29, 1.82) is 0 Å². The quantitative estimate of drug-likeness (QED) is 0.168. The van der Waals surface area contributed by atoms with Crippen molar-refractivity contribution < 1.29 is 19.8 Å². The third kappa shape index (κ3) is 15.8. The maximum atomic E-state index is 11.7. The molecule has 4 heteroatoms. The summed E-state index contributed by atoms with van der Waals surface area (Å²) in [6.45, 7) is 5.49. The van der Waals surface area contributed by atoms with E-state index in [1.165, 1.54) is 51.4 Å². The molecule has 0 aromatic rings. The zero-order valence-electron chi connectivity index (χ0n) is 17.8. The van der Waals surface area contributed by atoms with Gasteiger partial charge in [-0.1, -0.05) is 77.0 Å². The van der Waals surface area contributed by atoms with E-state index in [1.807, 2.05) is 0 Å². The Morgan fingerprint density at radius 1 is 0.821 bits per heavy atom. The van der Waals surface area contributed by atoms with Crippen LogP contribution in [0.5, 0.6) is 0 Å². The fourth-order valence-corrected chi connectivity index (χ4v) is 3.02. The molecule has 2 atom stereocenters. The van der Waals surface area contributed by atoms with Gasteiger partial charge in [-0.3, -0.25) is 9.59 Å². The third-order valence-electron chi connectivity index (χ3n) is 4.86. The Morgan fingerprint density at radius 3 is 1.86 bits per heavy atom. The first-order valence-corrected chi connectivity index (χ1v) is 11.1. The van der Waals surface area contributed by atoms with E-state index >= 15 is 0 Å². The predicted octanol–water partition coefficient (Wildman–Crippen LogP) is 5.27. The summed E-state index contributed by atoms with van der Waals surface area (Å²) in [6, 6.07) is 0. The van der Waals surface area contributed by atoms with Crippen LogP contribution in [0.25, 0.3) is 0 Å². The van der Waals surface area contributed by atoms with Crippen LogP contribution < -0.4 is 0 Å². The average molecular weight is 394 g/mol. The lowest BCUT2D eigenvalue weighted by Gasteiger charge is -2.13. The molecule has 4 nitrogen and oxygen atoms in total. The number of carbonyl (C=O) groups is 2. The number of aliphatic hydroxyl groups excluding tert-OH is 2. The molecule has 0 spiro atoms. The van der Waals surface area contributed by atoms with E-state index in [0.29, 0.717) is 6.42 Å². The lowest BCUT2D eigenvalue weighted by Crippen LogP contribution is -2.35. The van der Waals surface area contributed by atoms with E-state index in [9.17, 15) is 19.8 Å². The minimum Gasteiger partial charge on any atom is -0.389 e. The third-order valence-corrected chi connectivity index (χ3v) is 4.86. The molecule has 0 aliphatic heterocycles. The van der Waals surface area contributed by atoms with E-state index in [1.54, 1.807) is 0 Å². The van der Waals surface area contributed by atoms with Gasteiger partial charge >= 0.3 is 0 Å². The highest BCUT2D eigenvalue weighted by Gasteiger charge is 2.24. The molecule has 28 heavy (non-hydrogen) atoms. The summed E-state index contributed by atoms with van der Waals surface area (Å²) in [5.74, 6) is -0.918. The van der Waals surface area contributed by atoms with Gasteiger partial charge in [0.15, 0.2) is 5.78 Å². The number of carbonyl (C=O) groups excluding carboxylic acids is 2. The summed E-state index contributed by atoms with van der Waals surface area (Å²) in [4.78, 5) is 22.9. The number of Topliss-reactive ketones (excluding diaryl/α,β-unsaturated/α-hetero) is 1. The van der Waals surface area contributed by atoms with E-state index in [4.69, 9.17) is 0 Å². The molecule has 0 bridgehead atoms. The Labute approximate surface area is 172 Å². The van der Waals surface area contributed by atoms with Crippen molar-refractivity contribution in [3.8, 4) is 0 Å². The summed E-state index contributed by atoms with van der Waals surface area (Å²) >= 11 is 0. The summed E-state index contributed by atoms with van der Waals surface area (Å²) in [5.41, 5.74) is 0. The number of aliphatic hydroxyl groups is 2. The largest absolute Gasteiger partial charge is 0.389 e. The van der Waals surface area contributed by atoms with E-state index in [0.717, 1.165) is 44.6 Å². The van der Waals surface area contributed by atoms with Crippen molar-refractivity contribution in [2.24, 2.45) is 0 Å². The van der Waals surface area contributed by atoms with Gasteiger partial charge in [0, 0.05) is 6.42 Å². The van der Waals surface area contributed by atoms with Gasteiger partial charge < -0.3 is 10.2 Å². The molecular formula is C24H41O4. The summed E-state index contributed by atoms with van der Waals surface area (Å²) in [5, 5.41) is 19.1. The van der Waals surface area contributed by atoms with Crippen LogP contribution in [0.2, 0.25) is 0 Å². The van der Waals surface area contributed by atoms with Crippen LogP contribution >= 0.6 is 0 Å². The Kier molecular flexibility index (Phi) is 18.2. The molecule has 0 aliphatic rings. The molecule has 0 aromatic carbocycles. The van der Waals surface area contributed by atoms with Gasteiger partial charge in [-0.05, 0) is 38.2 Å². The number of ketones is 2. The van der Waals surface area contributed by atoms with Crippen LogP contribution in [0.4, 0.5) is 0 Å². The van der Waals surface area contributed by atoms with Gasteiger partial charge in [-0.25, -0.2) is 0 Å². The minimum absolute atomic E-state index is 0.235. The second-order valence-electron chi connectivity index (χ2n) is 7.51. The number of allylic oxidation sites excluding steroid dienone is 2. The zero-order chi connectivity index (χ0) is 21.0. The maximum Gasteiger partial charge on any atom is 0.186 e. The van der Waals surface area contributed by atoms with Gasteiger partial charge in [0.2, 0.25) is 0 Å². The van der Waals surface area contributed by atoms with Gasteiger partial charge in [0.05, 0.1) is 12.5 Å². The predicted molar refractivity (Wildman–Crippen MR) is 116 cm³/mol. The molecule has 2 N–H and O–H groups in total. The van der Waals surface area contributed by atoms with Crippen molar-refractivity contribution in [3.63, 3.8) is 0 Å². The molecule has 0 amide bonds. The second kappa shape index (κ2) is 19.1. The minimum atomic E-state index is -1.60. The molecule has 0 aromatic heterocycles. The second-order valence-corrected chi connectivity index (χ2v) is 7.51. The van der Waals surface area contributed by atoms with Crippen molar-refractivity contribution in [1.82, 2.24) is 0 Å². The topological polar surface area (TPSA) is 74.6 Å². The van der Waals surface area contributed by atoms with Crippen molar-refractivity contribution in [2.75, 3.05) is 0 Å². The normalized spacial score (nSPS) is 13.5. The highest BCUT2D eigenvalue weighted by Crippen LogP contribution is 2.11. The van der Waals surface area contributed by atoms with Crippen LogP contribution in [0.15, 0.2) is 24.8 Å². The fraction of sp³-hybridized carbons (Fsp3) is 0.708. The molecule has 0 rings (SSSR count). The number of unbranched alkanes of at least 4 members (excludes halogenated alkanes) is 11. The van der Waals surface area contributed by atoms with Crippen LogP contribution in [-0.2, 0) is 9.59 Å². The zero-order valence-corrected chi connectivity index (χ0v) is 17.8. The smallest absolute Gasteiger partial charge is 0.186 e. The molecule has 161 valence electrons. The van der Waals surface area contributed by atoms with Gasteiger partial charge in [-0.15, -0.1) is 0 Å². The molecular weight excluding hydrogens is 352 g/mol. The molecule has 1 radical (unpaired) electrons. The van der Waals surface area contributed by atoms with Crippen LogP contribution in [0.3, 0.4) is 0 Å². The van der Waals surface area contributed by atoms with Crippen LogP contribution in [0.1, 0.15) is 96.8 Å². The molecule has 0 fully saturated rings. The van der Waals surface area contributed by atoms with Gasteiger partial charge in [0.25, 0.3) is 0 Å². The van der Waals surface area contributed by atoms with E-state index in [-0.39, 0.29) is 5.78 Å². The summed E-state index contributed by atoms with van der Waals surface area (Å²) in [6.07, 6.45) is 19.4. The highest BCUT2D eigenvalue weighted by atomic mass is 16.3. The first-order chi connectivity index (χ1) is 13.5. The van der Waals surface area contributed by atoms with Crippen LogP contribution in [-0.4, -0.2) is 34.0 Å². The molecule has 0 aliphatic carbocycles. The molecule has 0 saturated carbocycles. The fourth-order valence-electron chi connectivity index (χ4n) is 3.02. The molecule has 0 heterocycles. The van der Waals surface area contributed by atoms with Gasteiger partial charge in [-0.2, -0.15) is 0 Å². The number of rotatable bonds is 20. The summed E-state index contributed by atoms with van der Waals surface area (Å²) in [7, 11) is 0. The van der Waals surface area contributed by atoms with Gasteiger partial charge in [0.1, 0.15) is 11.9 Å². The SMILES string of the molecule is C=CC(=O)C(O)C(O)[CH]C(=O)CCCCCCC/C=C\CCCCCCCC. The van der Waals surface area contributed by atoms with E-state index in [2.05, 4.69) is 25.7 Å². The lowest BCUT2D eigenvalue weighted by atomic mass is 10.0. The first-order valence-electron chi connectivity index (χ1n) is 11.1. The number of hydrogen-bond donors (Lipinski definition) is 2. The maximum absolute atomic E-state index is 11.7. The van der Waals surface area contributed by atoms with Crippen molar-refractivity contribution >= 4 is 11.6 Å². The first kappa shape index (κ1) is 26.7. The Bertz CT molecular complexity index is 442. The molecule has 2 unspecified atom stereocenters. The monoisotopic (exact) mass is 393 g/mol. The van der Waals surface area contributed by atoms with Crippen molar-refractivity contribution in [2.45, 2.75) is 109 Å². The Morgan fingerprint density at radius 2 is 1.32 bits per heavy atom. The number of hydrogen-bond acceptors (Lipinski definition) is 4. The van der Waals surface area contributed by atoms with Crippen LogP contribution in [0, 0.1) is 6.42 Å². The average Bonchev–Trinajstić information content (AvgIpc) is 2.69. The Balaban J connectivity index is 3.47. The standard InChI is InChI=1S/C24H41O4/c1-3-5-6-7-8-9-10-11-12-13-14-15-16-17-18-19-21(25)20-23(27)24(28)22(26)4-2/h4,11-12,20,23-24,27-28H,2-3,5-10,13-19H2,1H3/b12-11-. The highest BCUT2D eigenvalue weighted by molar-refractivity contribution is 5.95.